The Morgan fingerprint density at radius 2 is 1.62 bits per heavy atom. The number of benzene rings is 2. The van der Waals surface area contributed by atoms with E-state index in [1.165, 1.54) is 6.08 Å². The van der Waals surface area contributed by atoms with Crippen LogP contribution in [0.2, 0.25) is 0 Å². The molecule has 2 aromatic rings. The smallest absolute Gasteiger partial charge is 0.245 e. The molecule has 2 atom stereocenters. The summed E-state index contributed by atoms with van der Waals surface area (Å²) in [5.74, 6) is -2.47. The maximum absolute atomic E-state index is 12.2. The van der Waals surface area contributed by atoms with Gasteiger partial charge >= 0.3 is 0 Å². The van der Waals surface area contributed by atoms with Gasteiger partial charge in [-0.3, -0.25) is 9.59 Å². The molecule has 2 aromatic carbocycles. The number of ketones is 1. The van der Waals surface area contributed by atoms with Gasteiger partial charge in [-0.15, -0.1) is 0 Å². The topological polar surface area (TPSA) is 70.0 Å². The van der Waals surface area contributed by atoms with E-state index >= 15 is 0 Å². The van der Waals surface area contributed by atoms with Gasteiger partial charge in [0.25, 0.3) is 0 Å². The zero-order valence-electron chi connectivity index (χ0n) is 13.3. The van der Waals surface area contributed by atoms with Crippen molar-refractivity contribution in [3.63, 3.8) is 0 Å². The zero-order valence-corrected chi connectivity index (χ0v) is 13.3. The van der Waals surface area contributed by atoms with Gasteiger partial charge in [-0.25, -0.2) is 0 Å². The second-order valence-electron chi connectivity index (χ2n) is 5.35. The molecule has 0 aliphatic rings. The Balaban J connectivity index is 2.02. The van der Waals surface area contributed by atoms with E-state index in [-0.39, 0.29) is 6.04 Å². The van der Waals surface area contributed by atoms with Crippen molar-refractivity contribution in [1.29, 1.82) is 5.26 Å². The average Bonchev–Trinajstić information content (AvgIpc) is 2.62. The molecule has 1 N–H and O–H groups in total. The van der Waals surface area contributed by atoms with Gasteiger partial charge in [0.1, 0.15) is 0 Å². The van der Waals surface area contributed by atoms with Crippen LogP contribution in [0.5, 0.6) is 0 Å². The summed E-state index contributed by atoms with van der Waals surface area (Å²) in [7, 11) is 0. The van der Waals surface area contributed by atoms with Crippen LogP contribution in [-0.4, -0.2) is 11.7 Å². The van der Waals surface area contributed by atoms with Crippen molar-refractivity contribution in [2.45, 2.75) is 13.0 Å². The Morgan fingerprint density at radius 1 is 1.04 bits per heavy atom. The third-order valence-corrected chi connectivity index (χ3v) is 3.57. The monoisotopic (exact) mass is 318 g/mol. The number of carbonyl (C=O) groups is 2. The van der Waals surface area contributed by atoms with Crippen molar-refractivity contribution in [3.05, 3.63) is 77.9 Å². The normalized spacial score (nSPS) is 13.0. The third-order valence-electron chi connectivity index (χ3n) is 3.57. The summed E-state index contributed by atoms with van der Waals surface area (Å²) in [4.78, 5) is 24.4. The molecule has 2 rings (SSSR count). The fourth-order valence-electron chi connectivity index (χ4n) is 2.21. The van der Waals surface area contributed by atoms with Crippen LogP contribution in [0.1, 0.15) is 24.1 Å². The van der Waals surface area contributed by atoms with E-state index in [2.05, 4.69) is 5.32 Å². The molecule has 4 nitrogen and oxygen atoms in total. The number of nitrogens with zero attached hydrogens (tertiary/aromatic N) is 1. The van der Waals surface area contributed by atoms with E-state index < -0.39 is 17.6 Å². The molecule has 24 heavy (non-hydrogen) atoms. The van der Waals surface area contributed by atoms with Gasteiger partial charge in [-0.1, -0.05) is 66.7 Å². The Hall–Kier alpha value is -3.19. The number of hydrogen-bond donors (Lipinski definition) is 1. The van der Waals surface area contributed by atoms with Crippen LogP contribution in [0.3, 0.4) is 0 Å². The number of rotatable bonds is 6. The quantitative estimate of drug-likeness (QED) is 0.656. The van der Waals surface area contributed by atoms with Crippen molar-refractivity contribution in [2.24, 2.45) is 5.92 Å². The molecule has 0 saturated carbocycles. The van der Waals surface area contributed by atoms with E-state index in [0.717, 1.165) is 11.1 Å². The minimum atomic E-state index is -1.35. The van der Waals surface area contributed by atoms with E-state index in [1.54, 1.807) is 12.1 Å². The molecule has 0 bridgehead atoms. The number of amides is 1. The van der Waals surface area contributed by atoms with Gasteiger partial charge in [0.05, 0.1) is 12.1 Å². The highest BCUT2D eigenvalue weighted by atomic mass is 16.2. The van der Waals surface area contributed by atoms with Crippen LogP contribution in [-0.2, 0) is 9.59 Å². The minimum absolute atomic E-state index is 0.277. The number of nitriles is 1. The standard InChI is InChI=1S/C20H18N2O2/c1-15(17-10-6-3-7-11-17)22-20(24)18(14-21)19(23)13-12-16-8-4-2-5-9-16/h2-13,15,18H,1H3,(H,22,24)/b13-12-/t15-,18+/m0/s1. The first kappa shape index (κ1) is 17.2. The SMILES string of the molecule is C[C@H](NC(=O)[C@H](C#N)C(=O)/C=C\c1ccccc1)c1ccccc1. The summed E-state index contributed by atoms with van der Waals surface area (Å²) in [6.07, 6.45) is 2.87. The average molecular weight is 318 g/mol. The van der Waals surface area contributed by atoms with Crippen LogP contribution < -0.4 is 5.32 Å². The highest BCUT2D eigenvalue weighted by molar-refractivity contribution is 6.10. The van der Waals surface area contributed by atoms with Gasteiger partial charge < -0.3 is 5.32 Å². The maximum Gasteiger partial charge on any atom is 0.245 e. The molecule has 0 radical (unpaired) electrons. The number of allylic oxidation sites excluding steroid dienone is 1. The van der Waals surface area contributed by atoms with Crippen LogP contribution in [0.25, 0.3) is 6.08 Å². The van der Waals surface area contributed by atoms with Crippen LogP contribution >= 0.6 is 0 Å². The lowest BCUT2D eigenvalue weighted by molar-refractivity contribution is -0.129. The molecule has 0 spiro atoms. The largest absolute Gasteiger partial charge is 0.348 e. The first-order chi connectivity index (χ1) is 11.6. The first-order valence-electron chi connectivity index (χ1n) is 7.63. The molecular formula is C20H18N2O2. The van der Waals surface area contributed by atoms with Crippen molar-refractivity contribution in [3.8, 4) is 6.07 Å². The van der Waals surface area contributed by atoms with Gasteiger partial charge in [-0.2, -0.15) is 5.26 Å². The molecule has 0 unspecified atom stereocenters. The first-order valence-corrected chi connectivity index (χ1v) is 7.63. The Labute approximate surface area is 141 Å². The molecule has 0 saturated heterocycles. The summed E-state index contributed by atoms with van der Waals surface area (Å²) >= 11 is 0. The molecule has 0 aromatic heterocycles. The van der Waals surface area contributed by atoms with Crippen molar-refractivity contribution >= 4 is 17.8 Å². The second kappa shape index (κ2) is 8.44. The highest BCUT2D eigenvalue weighted by Gasteiger charge is 2.25. The predicted octanol–water partition coefficient (Wildman–Crippen LogP) is 3.29. The zero-order chi connectivity index (χ0) is 17.4. The highest BCUT2D eigenvalue weighted by Crippen LogP contribution is 2.13. The van der Waals surface area contributed by atoms with Crippen molar-refractivity contribution < 1.29 is 9.59 Å². The number of nitrogens with one attached hydrogen (secondary N) is 1. The van der Waals surface area contributed by atoms with E-state index in [9.17, 15) is 14.9 Å². The fourth-order valence-corrected chi connectivity index (χ4v) is 2.21. The van der Waals surface area contributed by atoms with Gasteiger partial charge in [0.2, 0.25) is 5.91 Å². The number of carbonyl (C=O) groups excluding carboxylic acids is 2. The summed E-state index contributed by atoms with van der Waals surface area (Å²) < 4.78 is 0. The molecule has 0 aliphatic heterocycles. The molecular weight excluding hydrogens is 300 g/mol. The lowest BCUT2D eigenvalue weighted by Gasteiger charge is -2.15. The predicted molar refractivity (Wildman–Crippen MR) is 92.6 cm³/mol. The summed E-state index contributed by atoms with van der Waals surface area (Å²) in [5, 5.41) is 11.9. The summed E-state index contributed by atoms with van der Waals surface area (Å²) in [6.45, 7) is 1.81. The van der Waals surface area contributed by atoms with Gasteiger partial charge in [0.15, 0.2) is 11.7 Å². The summed E-state index contributed by atoms with van der Waals surface area (Å²) in [5.41, 5.74) is 1.75. The Bertz CT molecular complexity index is 761. The van der Waals surface area contributed by atoms with Crippen LogP contribution in [0, 0.1) is 17.2 Å². The Kier molecular flexibility index (Phi) is 6.04. The maximum atomic E-state index is 12.2. The summed E-state index contributed by atoms with van der Waals surface area (Å²) in [6, 6.07) is 20.1. The molecule has 0 heterocycles. The lowest BCUT2D eigenvalue weighted by Crippen LogP contribution is -2.35. The third kappa shape index (κ3) is 4.65. The lowest BCUT2D eigenvalue weighted by atomic mass is 10.0. The fraction of sp³-hybridized carbons (Fsp3) is 0.150. The van der Waals surface area contributed by atoms with Crippen LogP contribution in [0.4, 0.5) is 0 Å². The van der Waals surface area contributed by atoms with Crippen LogP contribution in [0.15, 0.2) is 66.7 Å². The molecule has 1 amide bonds. The molecule has 4 heteroatoms. The molecule has 0 aliphatic carbocycles. The van der Waals surface area contributed by atoms with E-state index in [1.807, 2.05) is 67.6 Å². The minimum Gasteiger partial charge on any atom is -0.348 e. The van der Waals surface area contributed by atoms with Gasteiger partial charge in [0, 0.05) is 0 Å². The molecule has 120 valence electrons. The van der Waals surface area contributed by atoms with E-state index in [0.29, 0.717) is 0 Å². The second-order valence-corrected chi connectivity index (χ2v) is 5.35. The number of hydrogen-bond acceptors (Lipinski definition) is 3. The van der Waals surface area contributed by atoms with Gasteiger partial charge in [-0.05, 0) is 24.1 Å². The van der Waals surface area contributed by atoms with Crippen molar-refractivity contribution in [2.75, 3.05) is 0 Å². The Morgan fingerprint density at radius 3 is 2.21 bits per heavy atom. The van der Waals surface area contributed by atoms with Crippen molar-refractivity contribution in [1.82, 2.24) is 5.32 Å². The molecule has 0 fully saturated rings. The van der Waals surface area contributed by atoms with E-state index in [4.69, 9.17) is 0 Å².